The van der Waals surface area contributed by atoms with Crippen molar-refractivity contribution in [2.45, 2.75) is 33.7 Å². The first kappa shape index (κ1) is 15.0. The standard InChI is InChI=1S/C15H20N4O2/c1-4-18-15(14(19(20)21)12(3)17-18)16-9-8-13-7-5-6-11(2)10-13/h5-7,10,16H,4,8-9H2,1-3H3. The molecule has 2 aromatic rings. The van der Waals surface area contributed by atoms with E-state index in [-0.39, 0.29) is 10.6 Å². The molecule has 0 saturated carbocycles. The molecule has 0 amide bonds. The Morgan fingerprint density at radius 1 is 1.38 bits per heavy atom. The van der Waals surface area contributed by atoms with E-state index in [1.54, 1.807) is 11.6 Å². The molecule has 0 spiro atoms. The van der Waals surface area contributed by atoms with Crippen molar-refractivity contribution in [3.63, 3.8) is 0 Å². The third-order valence-electron chi connectivity index (χ3n) is 3.37. The fraction of sp³-hybridized carbons (Fsp3) is 0.400. The van der Waals surface area contributed by atoms with Crippen LogP contribution < -0.4 is 5.32 Å². The van der Waals surface area contributed by atoms with Crippen molar-refractivity contribution in [1.82, 2.24) is 9.78 Å². The van der Waals surface area contributed by atoms with Crippen molar-refractivity contribution in [1.29, 1.82) is 0 Å². The number of hydrogen-bond donors (Lipinski definition) is 1. The van der Waals surface area contributed by atoms with Gasteiger partial charge in [0.05, 0.1) is 4.92 Å². The lowest BCUT2D eigenvalue weighted by molar-refractivity contribution is -0.384. The van der Waals surface area contributed by atoms with E-state index in [2.05, 4.69) is 35.5 Å². The Hall–Kier alpha value is -2.37. The zero-order valence-electron chi connectivity index (χ0n) is 12.6. The van der Waals surface area contributed by atoms with E-state index < -0.39 is 0 Å². The number of benzene rings is 1. The fourth-order valence-corrected chi connectivity index (χ4v) is 2.39. The van der Waals surface area contributed by atoms with E-state index in [0.29, 0.717) is 24.6 Å². The molecule has 1 heterocycles. The monoisotopic (exact) mass is 288 g/mol. The van der Waals surface area contributed by atoms with Gasteiger partial charge in [0.1, 0.15) is 5.69 Å². The Bertz CT molecular complexity index is 649. The Labute approximate surface area is 123 Å². The third-order valence-corrected chi connectivity index (χ3v) is 3.37. The summed E-state index contributed by atoms with van der Waals surface area (Å²) in [6, 6.07) is 8.26. The van der Waals surface area contributed by atoms with Crippen molar-refractivity contribution in [2.24, 2.45) is 0 Å². The predicted molar refractivity (Wildman–Crippen MR) is 82.7 cm³/mol. The van der Waals surface area contributed by atoms with Crippen LogP contribution in [-0.4, -0.2) is 21.2 Å². The van der Waals surface area contributed by atoms with Crippen molar-refractivity contribution in [2.75, 3.05) is 11.9 Å². The summed E-state index contributed by atoms with van der Waals surface area (Å²) >= 11 is 0. The first-order valence-electron chi connectivity index (χ1n) is 7.04. The van der Waals surface area contributed by atoms with Gasteiger partial charge in [-0.1, -0.05) is 29.8 Å². The Morgan fingerprint density at radius 2 is 2.14 bits per heavy atom. The van der Waals surface area contributed by atoms with Crippen molar-refractivity contribution < 1.29 is 4.92 Å². The summed E-state index contributed by atoms with van der Waals surface area (Å²) in [6.07, 6.45) is 0.812. The molecule has 0 fully saturated rings. The lowest BCUT2D eigenvalue weighted by atomic mass is 10.1. The highest BCUT2D eigenvalue weighted by Crippen LogP contribution is 2.27. The number of rotatable bonds is 6. The van der Waals surface area contributed by atoms with Crippen LogP contribution in [-0.2, 0) is 13.0 Å². The van der Waals surface area contributed by atoms with E-state index in [1.807, 2.05) is 13.0 Å². The predicted octanol–water partition coefficient (Wildman–Crippen LogP) is 3.08. The maximum absolute atomic E-state index is 11.2. The van der Waals surface area contributed by atoms with Crippen molar-refractivity contribution in [3.8, 4) is 0 Å². The van der Waals surface area contributed by atoms with E-state index in [4.69, 9.17) is 0 Å². The first-order valence-corrected chi connectivity index (χ1v) is 7.04. The highest BCUT2D eigenvalue weighted by molar-refractivity contribution is 5.59. The van der Waals surface area contributed by atoms with Gasteiger partial charge in [0.15, 0.2) is 0 Å². The zero-order chi connectivity index (χ0) is 15.4. The maximum Gasteiger partial charge on any atom is 0.333 e. The molecular weight excluding hydrogens is 268 g/mol. The molecule has 6 heteroatoms. The SMILES string of the molecule is CCn1nc(C)c([N+](=O)[O-])c1NCCc1cccc(C)c1. The summed E-state index contributed by atoms with van der Waals surface area (Å²) < 4.78 is 1.64. The minimum atomic E-state index is -0.372. The number of anilines is 1. The molecule has 0 aliphatic heterocycles. The fourth-order valence-electron chi connectivity index (χ4n) is 2.39. The quantitative estimate of drug-likeness (QED) is 0.655. The molecule has 6 nitrogen and oxygen atoms in total. The van der Waals surface area contributed by atoms with Gasteiger partial charge in [0.25, 0.3) is 0 Å². The summed E-state index contributed by atoms with van der Waals surface area (Å²) in [4.78, 5) is 10.8. The maximum atomic E-state index is 11.2. The van der Waals surface area contributed by atoms with Crippen LogP contribution in [0.25, 0.3) is 0 Å². The second-order valence-electron chi connectivity index (χ2n) is 5.02. The highest BCUT2D eigenvalue weighted by Gasteiger charge is 2.24. The summed E-state index contributed by atoms with van der Waals surface area (Å²) in [5.74, 6) is 0.493. The van der Waals surface area contributed by atoms with Gasteiger partial charge in [0, 0.05) is 13.1 Å². The summed E-state index contributed by atoms with van der Waals surface area (Å²) in [7, 11) is 0. The van der Waals surface area contributed by atoms with Crippen LogP contribution in [0.3, 0.4) is 0 Å². The molecule has 112 valence electrons. The third kappa shape index (κ3) is 3.39. The van der Waals surface area contributed by atoms with Crippen LogP contribution in [0.5, 0.6) is 0 Å². The van der Waals surface area contributed by atoms with Gasteiger partial charge in [0.2, 0.25) is 5.82 Å². The number of nitro groups is 1. The molecule has 1 N–H and O–H groups in total. The van der Waals surface area contributed by atoms with Gasteiger partial charge < -0.3 is 5.32 Å². The molecule has 1 aromatic heterocycles. The number of nitrogens with one attached hydrogen (secondary N) is 1. The smallest absolute Gasteiger partial charge is 0.333 e. The summed E-state index contributed by atoms with van der Waals surface area (Å²) in [5.41, 5.74) is 2.94. The van der Waals surface area contributed by atoms with Crippen molar-refractivity contribution in [3.05, 3.63) is 51.2 Å². The average Bonchev–Trinajstić information content (AvgIpc) is 2.75. The number of aryl methyl sites for hydroxylation is 3. The molecule has 0 bridgehead atoms. The minimum absolute atomic E-state index is 0.0705. The van der Waals surface area contributed by atoms with Gasteiger partial charge in [-0.3, -0.25) is 10.1 Å². The van der Waals surface area contributed by atoms with E-state index in [1.165, 1.54) is 11.1 Å². The molecular formula is C15H20N4O2. The molecule has 0 atom stereocenters. The zero-order valence-corrected chi connectivity index (χ0v) is 12.6. The second-order valence-corrected chi connectivity index (χ2v) is 5.02. The highest BCUT2D eigenvalue weighted by atomic mass is 16.6. The van der Waals surface area contributed by atoms with Crippen LogP contribution in [0, 0.1) is 24.0 Å². The van der Waals surface area contributed by atoms with Crippen LogP contribution in [0.2, 0.25) is 0 Å². The van der Waals surface area contributed by atoms with Crippen LogP contribution >= 0.6 is 0 Å². The number of hydrogen-bond acceptors (Lipinski definition) is 4. The summed E-state index contributed by atoms with van der Waals surface area (Å²) in [5, 5.41) is 18.5. The minimum Gasteiger partial charge on any atom is -0.364 e. The molecule has 0 radical (unpaired) electrons. The Morgan fingerprint density at radius 3 is 2.76 bits per heavy atom. The normalized spacial score (nSPS) is 10.6. The van der Waals surface area contributed by atoms with Crippen LogP contribution in [0.1, 0.15) is 23.7 Å². The molecule has 1 aromatic carbocycles. The largest absolute Gasteiger partial charge is 0.364 e. The van der Waals surface area contributed by atoms with E-state index in [9.17, 15) is 10.1 Å². The Kier molecular flexibility index (Phi) is 4.57. The molecule has 0 saturated heterocycles. The Balaban J connectivity index is 2.11. The van der Waals surface area contributed by atoms with Crippen LogP contribution in [0.4, 0.5) is 11.5 Å². The molecule has 0 aliphatic rings. The second kappa shape index (κ2) is 6.39. The van der Waals surface area contributed by atoms with Gasteiger partial charge in [-0.15, -0.1) is 0 Å². The molecule has 2 rings (SSSR count). The molecule has 21 heavy (non-hydrogen) atoms. The topological polar surface area (TPSA) is 73.0 Å². The summed E-state index contributed by atoms with van der Waals surface area (Å²) in [6.45, 7) is 6.87. The number of nitrogens with zero attached hydrogens (tertiary/aromatic N) is 3. The van der Waals surface area contributed by atoms with Crippen LogP contribution in [0.15, 0.2) is 24.3 Å². The van der Waals surface area contributed by atoms with Crippen molar-refractivity contribution >= 4 is 11.5 Å². The molecule has 0 aliphatic carbocycles. The van der Waals surface area contributed by atoms with Gasteiger partial charge in [-0.25, -0.2) is 4.68 Å². The van der Waals surface area contributed by atoms with Gasteiger partial charge >= 0.3 is 5.69 Å². The van der Waals surface area contributed by atoms with E-state index in [0.717, 1.165) is 6.42 Å². The van der Waals surface area contributed by atoms with Gasteiger partial charge in [-0.2, -0.15) is 5.10 Å². The number of aromatic nitrogens is 2. The lowest BCUT2D eigenvalue weighted by Gasteiger charge is -2.08. The van der Waals surface area contributed by atoms with E-state index >= 15 is 0 Å². The lowest BCUT2D eigenvalue weighted by Crippen LogP contribution is -2.11. The first-order chi connectivity index (χ1) is 10.0. The average molecular weight is 288 g/mol. The van der Waals surface area contributed by atoms with Gasteiger partial charge in [-0.05, 0) is 32.8 Å². The molecule has 0 unspecified atom stereocenters.